The number of hydrogen-bond donors (Lipinski definition) is 6. The van der Waals surface area contributed by atoms with E-state index in [1.807, 2.05) is 18.2 Å². The van der Waals surface area contributed by atoms with Crippen LogP contribution in [0.2, 0.25) is 0 Å². The van der Waals surface area contributed by atoms with Gasteiger partial charge in [-0.3, -0.25) is 4.79 Å². The number of rotatable bonds is 11. The van der Waals surface area contributed by atoms with E-state index >= 15 is 0 Å². The summed E-state index contributed by atoms with van der Waals surface area (Å²) in [6, 6.07) is 15.1. The third-order valence-electron chi connectivity index (χ3n) is 7.73. The van der Waals surface area contributed by atoms with Gasteiger partial charge in [-0.1, -0.05) is 49.4 Å². The van der Waals surface area contributed by atoms with Gasteiger partial charge >= 0.3 is 24.1 Å². The molecule has 6 atom stereocenters. The van der Waals surface area contributed by atoms with Crippen molar-refractivity contribution in [2.45, 2.75) is 69.2 Å². The van der Waals surface area contributed by atoms with Gasteiger partial charge in [0.2, 0.25) is 6.29 Å². The van der Waals surface area contributed by atoms with Gasteiger partial charge in [-0.05, 0) is 52.9 Å². The zero-order valence-corrected chi connectivity index (χ0v) is 25.8. The summed E-state index contributed by atoms with van der Waals surface area (Å²) < 4.78 is 57.1. The molecule has 0 spiro atoms. The van der Waals surface area contributed by atoms with Crippen LogP contribution in [-0.2, 0) is 38.2 Å². The van der Waals surface area contributed by atoms with Crippen LogP contribution in [0.25, 0.3) is 11.1 Å². The van der Waals surface area contributed by atoms with Crippen molar-refractivity contribution in [1.82, 2.24) is 10.6 Å². The first kappa shape index (κ1) is 36.1. The number of benzene rings is 3. The van der Waals surface area contributed by atoms with Crippen molar-refractivity contribution in [3.63, 3.8) is 0 Å². The maximum atomic E-state index is 13.9. The van der Waals surface area contributed by atoms with E-state index in [-0.39, 0.29) is 41.0 Å². The number of methoxy groups -OCH3 is 1. The fourth-order valence-corrected chi connectivity index (χ4v) is 5.22. The summed E-state index contributed by atoms with van der Waals surface area (Å²) in [7, 11) is 1.35. The van der Waals surface area contributed by atoms with Crippen LogP contribution in [0.1, 0.15) is 41.6 Å². The summed E-state index contributed by atoms with van der Waals surface area (Å²) in [4.78, 5) is 37.1. The van der Waals surface area contributed by atoms with E-state index in [0.29, 0.717) is 0 Å². The molecule has 258 valence electrons. The van der Waals surface area contributed by atoms with Crippen molar-refractivity contribution < 1.29 is 62.2 Å². The molecule has 0 aromatic heterocycles. The number of urea groups is 1. The number of nitrogens with one attached hydrogen (secondary N) is 2. The van der Waals surface area contributed by atoms with Crippen molar-refractivity contribution in [2.75, 3.05) is 7.11 Å². The number of amides is 2. The molecule has 1 aliphatic heterocycles. The van der Waals surface area contributed by atoms with E-state index in [9.17, 15) is 48.0 Å². The molecule has 1 heterocycles. The van der Waals surface area contributed by atoms with Gasteiger partial charge in [-0.15, -0.1) is 0 Å². The van der Waals surface area contributed by atoms with Crippen molar-refractivity contribution >= 4 is 18.0 Å². The monoisotopic (exact) mass is 676 g/mol. The predicted octanol–water partition coefficient (Wildman–Crippen LogP) is 3.31. The van der Waals surface area contributed by atoms with Crippen LogP contribution >= 0.6 is 0 Å². The minimum Gasteiger partial charge on any atom is -0.496 e. The largest absolute Gasteiger partial charge is 0.496 e. The molecule has 1 fully saturated rings. The van der Waals surface area contributed by atoms with Crippen LogP contribution in [0.3, 0.4) is 0 Å². The molecule has 0 bridgehead atoms. The molecule has 6 N–H and O–H groups in total. The SMILES string of the molecule is CCC(NC(=O)NCc1ccccc1)c1cc(C(F)(F)F)ccc1-c1cc(CC(=O)O[C@@H]2O[C@H](C(=O)O)[C@@H](O)[C@H](O)[C@H]2O)ccc1OC. The van der Waals surface area contributed by atoms with Crippen LogP contribution < -0.4 is 15.4 Å². The Morgan fingerprint density at radius 2 is 1.62 bits per heavy atom. The fourth-order valence-electron chi connectivity index (χ4n) is 5.22. The van der Waals surface area contributed by atoms with Gasteiger partial charge in [0.1, 0.15) is 24.1 Å². The Labute approximate surface area is 273 Å². The first-order valence-corrected chi connectivity index (χ1v) is 14.8. The van der Waals surface area contributed by atoms with E-state index in [2.05, 4.69) is 10.6 Å². The molecular formula is C33H35F3N2O10. The average molecular weight is 677 g/mol. The number of carbonyl (C=O) groups excluding carboxylic acids is 2. The average Bonchev–Trinajstić information content (AvgIpc) is 3.06. The second-order valence-corrected chi connectivity index (χ2v) is 11.0. The number of alkyl halides is 3. The number of halogens is 3. The number of hydrogen-bond acceptors (Lipinski definition) is 9. The van der Waals surface area contributed by atoms with Gasteiger partial charge in [0, 0.05) is 12.1 Å². The Kier molecular flexibility index (Phi) is 11.6. The molecule has 0 radical (unpaired) electrons. The number of aliphatic hydroxyl groups is 3. The highest BCUT2D eigenvalue weighted by Gasteiger charge is 2.48. The highest BCUT2D eigenvalue weighted by Crippen LogP contribution is 2.40. The Morgan fingerprint density at radius 1 is 0.917 bits per heavy atom. The molecule has 1 saturated heterocycles. The fraction of sp³-hybridized carbons (Fsp3) is 0.364. The van der Waals surface area contributed by atoms with E-state index in [1.165, 1.54) is 31.4 Å². The molecule has 1 aliphatic rings. The Balaban J connectivity index is 1.62. The lowest BCUT2D eigenvalue weighted by molar-refractivity contribution is -0.286. The summed E-state index contributed by atoms with van der Waals surface area (Å²) in [6.07, 6.45) is -14.8. The van der Waals surface area contributed by atoms with Crippen molar-refractivity contribution in [1.29, 1.82) is 0 Å². The van der Waals surface area contributed by atoms with Crippen LogP contribution in [0.5, 0.6) is 5.75 Å². The molecule has 3 aromatic carbocycles. The van der Waals surface area contributed by atoms with Crippen LogP contribution in [0.15, 0.2) is 66.7 Å². The maximum absolute atomic E-state index is 13.9. The number of carboxylic acids is 1. The smallest absolute Gasteiger partial charge is 0.416 e. The number of aliphatic hydroxyl groups excluding tert-OH is 3. The molecule has 0 saturated carbocycles. The second-order valence-electron chi connectivity index (χ2n) is 11.0. The van der Waals surface area contributed by atoms with Crippen molar-refractivity contribution in [3.8, 4) is 16.9 Å². The number of aliphatic carboxylic acids is 1. The lowest BCUT2D eigenvalue weighted by Gasteiger charge is -2.37. The summed E-state index contributed by atoms with van der Waals surface area (Å²) >= 11 is 0. The molecule has 15 heteroatoms. The van der Waals surface area contributed by atoms with E-state index < -0.39 is 72.9 Å². The van der Waals surface area contributed by atoms with E-state index in [0.717, 1.165) is 17.7 Å². The Morgan fingerprint density at radius 3 is 2.25 bits per heavy atom. The number of esters is 1. The van der Waals surface area contributed by atoms with Gasteiger partial charge in [0.25, 0.3) is 0 Å². The lowest BCUT2D eigenvalue weighted by atomic mass is 9.90. The molecule has 3 aromatic rings. The van der Waals surface area contributed by atoms with Crippen molar-refractivity contribution in [3.05, 3.63) is 89.0 Å². The molecular weight excluding hydrogens is 641 g/mol. The molecule has 0 aliphatic carbocycles. The zero-order chi connectivity index (χ0) is 35.2. The van der Waals surface area contributed by atoms with Crippen LogP contribution in [0.4, 0.5) is 18.0 Å². The maximum Gasteiger partial charge on any atom is 0.416 e. The quantitative estimate of drug-likeness (QED) is 0.165. The summed E-state index contributed by atoms with van der Waals surface area (Å²) in [5, 5.41) is 44.7. The van der Waals surface area contributed by atoms with Gasteiger partial charge in [-0.25, -0.2) is 9.59 Å². The predicted molar refractivity (Wildman–Crippen MR) is 162 cm³/mol. The topological polar surface area (TPSA) is 184 Å². The normalized spacial score (nSPS) is 21.5. The zero-order valence-electron chi connectivity index (χ0n) is 25.8. The lowest BCUT2D eigenvalue weighted by Crippen LogP contribution is -2.60. The molecule has 12 nitrogen and oxygen atoms in total. The third kappa shape index (κ3) is 8.60. The summed E-state index contributed by atoms with van der Waals surface area (Å²) in [5.41, 5.74) is 0.853. The van der Waals surface area contributed by atoms with Crippen LogP contribution in [0, 0.1) is 0 Å². The van der Waals surface area contributed by atoms with E-state index in [4.69, 9.17) is 14.2 Å². The molecule has 1 unspecified atom stereocenters. The Hall–Kier alpha value is -4.70. The highest BCUT2D eigenvalue weighted by atomic mass is 19.4. The van der Waals surface area contributed by atoms with Gasteiger partial charge in [0.05, 0.1) is 25.1 Å². The van der Waals surface area contributed by atoms with E-state index in [1.54, 1.807) is 19.1 Å². The Bertz CT molecular complexity index is 1600. The number of carbonyl (C=O) groups is 3. The minimum atomic E-state index is -4.69. The molecule has 48 heavy (non-hydrogen) atoms. The van der Waals surface area contributed by atoms with Crippen molar-refractivity contribution in [2.24, 2.45) is 0 Å². The second kappa shape index (κ2) is 15.5. The third-order valence-corrected chi connectivity index (χ3v) is 7.73. The number of carboxylic acid groups (broad SMARTS) is 1. The molecule has 4 rings (SSSR count). The first-order valence-electron chi connectivity index (χ1n) is 14.8. The van der Waals surface area contributed by atoms with Gasteiger partial charge in [0.15, 0.2) is 6.10 Å². The van der Waals surface area contributed by atoms with Crippen LogP contribution in [-0.4, -0.2) is 76.2 Å². The standard InChI is InChI=1S/C33H35F3N2O10/c1-3-23(38-32(45)37-16-17-7-5-4-6-8-17)21-15-19(33(34,35)36)10-11-20(21)22-13-18(9-12-24(22)46-2)14-25(39)47-31-28(42)26(40)27(41)29(48-31)30(43)44/h4-13,15,23,26-29,31,40-42H,3,14,16H2,1-2H3,(H,43,44)(H2,37,38,45)/t23?,26-,27-,28+,29-,31+/m0/s1. The first-order chi connectivity index (χ1) is 22.7. The van der Waals surface area contributed by atoms with Gasteiger partial charge < -0.3 is 45.3 Å². The summed E-state index contributed by atoms with van der Waals surface area (Å²) in [5.74, 6) is -2.43. The molecule has 2 amide bonds. The number of ether oxygens (including phenoxy) is 3. The summed E-state index contributed by atoms with van der Waals surface area (Å²) in [6.45, 7) is 1.88. The highest BCUT2D eigenvalue weighted by molar-refractivity contribution is 5.80. The van der Waals surface area contributed by atoms with Gasteiger partial charge in [-0.2, -0.15) is 13.2 Å². The minimum absolute atomic E-state index is 0.131.